The molecule has 2 heterocycles. The van der Waals surface area contributed by atoms with Crippen LogP contribution < -0.4 is 0 Å². The first-order valence-electron chi connectivity index (χ1n) is 6.73. The van der Waals surface area contributed by atoms with E-state index in [1.165, 1.54) is 0 Å². The average Bonchev–Trinajstić information content (AvgIpc) is 3.02. The topological polar surface area (TPSA) is 26.3 Å². The van der Waals surface area contributed by atoms with Crippen molar-refractivity contribution in [3.8, 4) is 0 Å². The Labute approximate surface area is 124 Å². The first-order valence-corrected chi connectivity index (χ1v) is 7.10. The lowest BCUT2D eigenvalue weighted by Gasteiger charge is -1.92. The highest BCUT2D eigenvalue weighted by Gasteiger charge is 2.12. The lowest BCUT2D eigenvalue weighted by atomic mass is 10.1. The molecule has 0 unspecified atom stereocenters. The maximum atomic E-state index is 6.11. The molecule has 0 atom stereocenters. The van der Waals surface area contributed by atoms with Crippen molar-refractivity contribution in [3.05, 3.63) is 59.6 Å². The van der Waals surface area contributed by atoms with E-state index < -0.39 is 0 Å². The van der Waals surface area contributed by atoms with Crippen LogP contribution in [0.1, 0.15) is 0 Å². The highest BCUT2D eigenvalue weighted by atomic mass is 35.5. The lowest BCUT2D eigenvalue weighted by molar-refractivity contribution is 0.656. The second kappa shape index (κ2) is 3.80. The molecule has 3 aromatic carbocycles. The largest absolute Gasteiger partial charge is 0.456 e. The van der Waals surface area contributed by atoms with Crippen molar-refractivity contribution in [1.29, 1.82) is 0 Å². The quantitative estimate of drug-likeness (QED) is 0.343. The molecule has 0 aliphatic rings. The minimum absolute atomic E-state index is 0.711. The van der Waals surface area contributed by atoms with Gasteiger partial charge >= 0.3 is 0 Å². The van der Waals surface area contributed by atoms with Crippen LogP contribution in [0.25, 0.3) is 43.9 Å². The molecule has 5 rings (SSSR count). The van der Waals surface area contributed by atoms with Gasteiger partial charge in [-0.05, 0) is 30.3 Å². The van der Waals surface area contributed by atoms with Gasteiger partial charge in [0.15, 0.2) is 0 Å². The summed E-state index contributed by atoms with van der Waals surface area (Å²) in [7, 11) is 0. The minimum Gasteiger partial charge on any atom is -0.456 e. The zero-order chi connectivity index (χ0) is 14.0. The number of halogens is 1. The van der Waals surface area contributed by atoms with Gasteiger partial charge < -0.3 is 8.83 Å². The number of benzene rings is 3. The average molecular weight is 293 g/mol. The molecule has 0 saturated heterocycles. The lowest BCUT2D eigenvalue weighted by Crippen LogP contribution is -1.69. The van der Waals surface area contributed by atoms with Gasteiger partial charge in [-0.3, -0.25) is 0 Å². The Morgan fingerprint density at radius 2 is 1.24 bits per heavy atom. The van der Waals surface area contributed by atoms with Crippen LogP contribution in [0.5, 0.6) is 0 Å². The van der Waals surface area contributed by atoms with E-state index in [0.29, 0.717) is 5.02 Å². The van der Waals surface area contributed by atoms with Crippen LogP contribution in [0.15, 0.2) is 63.4 Å². The maximum Gasteiger partial charge on any atom is 0.139 e. The van der Waals surface area contributed by atoms with Gasteiger partial charge in [0.1, 0.15) is 22.3 Å². The third-order valence-corrected chi connectivity index (χ3v) is 4.17. The second-order valence-electron chi connectivity index (χ2n) is 5.19. The number of fused-ring (bicyclic) bond motifs is 6. The van der Waals surface area contributed by atoms with Gasteiger partial charge in [0, 0.05) is 32.6 Å². The fraction of sp³-hybridized carbons (Fsp3) is 0. The van der Waals surface area contributed by atoms with Gasteiger partial charge in [-0.2, -0.15) is 0 Å². The Morgan fingerprint density at radius 1 is 0.571 bits per heavy atom. The van der Waals surface area contributed by atoms with Crippen LogP contribution in [0.4, 0.5) is 0 Å². The van der Waals surface area contributed by atoms with Crippen LogP contribution in [0, 0.1) is 0 Å². The summed E-state index contributed by atoms with van der Waals surface area (Å²) in [6.45, 7) is 0. The first-order chi connectivity index (χ1) is 10.3. The summed E-state index contributed by atoms with van der Waals surface area (Å²) in [5, 5.41) is 5.02. The van der Waals surface area contributed by atoms with Crippen molar-refractivity contribution >= 4 is 55.5 Å². The number of para-hydroxylation sites is 1. The van der Waals surface area contributed by atoms with Gasteiger partial charge in [0.2, 0.25) is 0 Å². The molecule has 0 amide bonds. The highest BCUT2D eigenvalue weighted by molar-refractivity contribution is 6.31. The predicted octanol–water partition coefficient (Wildman–Crippen LogP) is 6.14. The van der Waals surface area contributed by atoms with Crippen molar-refractivity contribution in [2.75, 3.05) is 0 Å². The van der Waals surface area contributed by atoms with Crippen molar-refractivity contribution in [2.24, 2.45) is 0 Å². The van der Waals surface area contributed by atoms with E-state index in [9.17, 15) is 0 Å². The van der Waals surface area contributed by atoms with Crippen LogP contribution in [-0.2, 0) is 0 Å². The third kappa shape index (κ3) is 1.48. The molecule has 0 aliphatic heterocycles. The Bertz CT molecular complexity index is 1150. The van der Waals surface area contributed by atoms with E-state index in [2.05, 4.69) is 12.1 Å². The summed E-state index contributed by atoms with van der Waals surface area (Å²) < 4.78 is 11.8. The molecule has 21 heavy (non-hydrogen) atoms. The molecular formula is C18H9ClO2. The SMILES string of the molecule is Clc1ccc2oc3cc4oc5ccccc5c4cc3c2c1. The number of hydrogen-bond donors (Lipinski definition) is 0. The number of furan rings is 2. The highest BCUT2D eigenvalue weighted by Crippen LogP contribution is 2.37. The Hall–Kier alpha value is -2.45. The van der Waals surface area contributed by atoms with E-state index >= 15 is 0 Å². The Morgan fingerprint density at radius 3 is 2.10 bits per heavy atom. The minimum atomic E-state index is 0.711. The van der Waals surface area contributed by atoms with Gasteiger partial charge in [-0.15, -0.1) is 0 Å². The van der Waals surface area contributed by atoms with Crippen molar-refractivity contribution < 1.29 is 8.83 Å². The molecule has 0 N–H and O–H groups in total. The smallest absolute Gasteiger partial charge is 0.139 e. The zero-order valence-corrected chi connectivity index (χ0v) is 11.6. The van der Waals surface area contributed by atoms with E-state index in [0.717, 1.165) is 43.9 Å². The summed E-state index contributed by atoms with van der Waals surface area (Å²) in [5.74, 6) is 0. The van der Waals surface area contributed by atoms with Crippen LogP contribution in [0.3, 0.4) is 0 Å². The van der Waals surface area contributed by atoms with Gasteiger partial charge in [-0.25, -0.2) is 0 Å². The monoisotopic (exact) mass is 292 g/mol. The van der Waals surface area contributed by atoms with E-state index in [1.807, 2.05) is 42.5 Å². The summed E-state index contributed by atoms with van der Waals surface area (Å²) in [5.41, 5.74) is 3.39. The summed E-state index contributed by atoms with van der Waals surface area (Å²) in [4.78, 5) is 0. The van der Waals surface area contributed by atoms with Gasteiger partial charge in [0.05, 0.1) is 0 Å². The number of hydrogen-bond acceptors (Lipinski definition) is 2. The molecule has 3 heteroatoms. The molecule has 2 nitrogen and oxygen atoms in total. The van der Waals surface area contributed by atoms with Gasteiger partial charge in [-0.1, -0.05) is 29.8 Å². The fourth-order valence-electron chi connectivity index (χ4n) is 2.97. The van der Waals surface area contributed by atoms with Crippen molar-refractivity contribution in [1.82, 2.24) is 0 Å². The van der Waals surface area contributed by atoms with E-state index in [-0.39, 0.29) is 0 Å². The summed E-state index contributed by atoms with van der Waals surface area (Å²) in [6, 6.07) is 17.8. The molecular weight excluding hydrogens is 284 g/mol. The third-order valence-electron chi connectivity index (χ3n) is 3.93. The Balaban J connectivity index is 2.03. The molecule has 2 aromatic heterocycles. The standard InChI is InChI=1S/C18H9ClO2/c19-10-5-6-16-12(7-10)14-8-13-11-3-1-2-4-15(11)20-17(13)9-18(14)21-16/h1-9H. The molecule has 0 spiro atoms. The predicted molar refractivity (Wildman–Crippen MR) is 86.0 cm³/mol. The van der Waals surface area contributed by atoms with Crippen LogP contribution >= 0.6 is 11.6 Å². The Kier molecular flexibility index (Phi) is 2.04. The van der Waals surface area contributed by atoms with Crippen molar-refractivity contribution in [2.45, 2.75) is 0 Å². The normalized spacial score (nSPS) is 12.0. The first kappa shape index (κ1) is 11.2. The fourth-order valence-corrected chi connectivity index (χ4v) is 3.14. The molecule has 0 fully saturated rings. The van der Waals surface area contributed by atoms with E-state index in [1.54, 1.807) is 0 Å². The molecule has 0 bridgehead atoms. The molecule has 5 aromatic rings. The molecule has 0 aliphatic carbocycles. The van der Waals surface area contributed by atoms with E-state index in [4.69, 9.17) is 20.4 Å². The molecule has 100 valence electrons. The second-order valence-corrected chi connectivity index (χ2v) is 5.62. The summed E-state index contributed by atoms with van der Waals surface area (Å²) >= 11 is 6.11. The maximum absolute atomic E-state index is 6.11. The summed E-state index contributed by atoms with van der Waals surface area (Å²) in [6.07, 6.45) is 0. The molecule has 0 radical (unpaired) electrons. The van der Waals surface area contributed by atoms with Crippen molar-refractivity contribution in [3.63, 3.8) is 0 Å². The van der Waals surface area contributed by atoms with Gasteiger partial charge in [0.25, 0.3) is 0 Å². The zero-order valence-electron chi connectivity index (χ0n) is 10.9. The van der Waals surface area contributed by atoms with Crippen LogP contribution in [-0.4, -0.2) is 0 Å². The van der Waals surface area contributed by atoms with Crippen LogP contribution in [0.2, 0.25) is 5.02 Å². The number of rotatable bonds is 0. The molecule has 0 saturated carbocycles.